The molecule has 1 atom stereocenters. The Hall–Kier alpha value is 0.1000. The van der Waals surface area contributed by atoms with E-state index in [1.165, 1.54) is 34.5 Å². The largest absolute Gasteiger partial charge is 0.315 e. The van der Waals surface area contributed by atoms with E-state index in [4.69, 9.17) is 0 Å². The first-order valence-corrected chi connectivity index (χ1v) is 8.09. The minimum absolute atomic E-state index is 0.726. The van der Waals surface area contributed by atoms with Crippen LogP contribution in [-0.2, 0) is 6.54 Å². The number of halogens is 1. The van der Waals surface area contributed by atoms with Crippen LogP contribution in [0.15, 0.2) is 15.9 Å². The van der Waals surface area contributed by atoms with Gasteiger partial charge in [0.25, 0.3) is 0 Å². The van der Waals surface area contributed by atoms with Crippen LogP contribution in [0.2, 0.25) is 0 Å². The van der Waals surface area contributed by atoms with Crippen molar-refractivity contribution in [2.24, 2.45) is 0 Å². The van der Waals surface area contributed by atoms with Crippen LogP contribution in [0.5, 0.6) is 0 Å². The van der Waals surface area contributed by atoms with E-state index in [9.17, 15) is 0 Å². The summed E-state index contributed by atoms with van der Waals surface area (Å²) in [6.45, 7) is 6.78. The lowest BCUT2D eigenvalue weighted by Crippen LogP contribution is -2.44. The Labute approximate surface area is 117 Å². The minimum Gasteiger partial charge on any atom is -0.315 e. The summed E-state index contributed by atoms with van der Waals surface area (Å²) >= 11 is 5.40. The molecular weight excluding hydrogens is 296 g/mol. The molecule has 0 saturated carbocycles. The second kappa shape index (κ2) is 6.88. The molecule has 1 unspecified atom stereocenters. The SMILES string of the molecule is CCNCC1CCCCN1Cc1ccc(Br)s1. The summed E-state index contributed by atoms with van der Waals surface area (Å²) in [7, 11) is 0. The zero-order valence-corrected chi connectivity index (χ0v) is 12.8. The zero-order valence-electron chi connectivity index (χ0n) is 10.4. The third-order valence-corrected chi connectivity index (χ3v) is 4.98. The minimum atomic E-state index is 0.726. The number of hydrogen-bond donors (Lipinski definition) is 1. The van der Waals surface area contributed by atoms with Crippen LogP contribution in [0.25, 0.3) is 0 Å². The fourth-order valence-electron chi connectivity index (χ4n) is 2.45. The Kier molecular flexibility index (Phi) is 5.48. The highest BCUT2D eigenvalue weighted by Gasteiger charge is 2.22. The maximum Gasteiger partial charge on any atom is 0.0701 e. The van der Waals surface area contributed by atoms with E-state index in [0.717, 1.165) is 25.7 Å². The van der Waals surface area contributed by atoms with Crippen molar-refractivity contribution in [3.05, 3.63) is 20.8 Å². The molecule has 0 bridgehead atoms. The van der Waals surface area contributed by atoms with Gasteiger partial charge in [-0.3, -0.25) is 4.90 Å². The topological polar surface area (TPSA) is 15.3 Å². The highest BCUT2D eigenvalue weighted by atomic mass is 79.9. The number of likely N-dealkylation sites (N-methyl/N-ethyl adjacent to an activating group) is 1. The maximum atomic E-state index is 3.54. The summed E-state index contributed by atoms with van der Waals surface area (Å²) in [5.74, 6) is 0. The number of rotatable bonds is 5. The molecule has 1 saturated heterocycles. The standard InChI is InChI=1S/C13H21BrN2S/c1-2-15-9-11-5-3-4-8-16(11)10-12-6-7-13(14)17-12/h6-7,11,15H,2-5,8-10H2,1H3. The Bertz CT molecular complexity index is 340. The van der Waals surface area contributed by atoms with Crippen LogP contribution in [0, 0.1) is 0 Å². The van der Waals surface area contributed by atoms with Gasteiger partial charge in [0, 0.05) is 24.0 Å². The van der Waals surface area contributed by atoms with Crippen LogP contribution >= 0.6 is 27.3 Å². The van der Waals surface area contributed by atoms with E-state index in [-0.39, 0.29) is 0 Å². The van der Waals surface area contributed by atoms with E-state index in [2.05, 4.69) is 45.2 Å². The molecule has 96 valence electrons. The maximum absolute atomic E-state index is 3.54. The van der Waals surface area contributed by atoms with Crippen molar-refractivity contribution in [2.45, 2.75) is 38.8 Å². The molecule has 2 heterocycles. The highest BCUT2D eigenvalue weighted by Crippen LogP contribution is 2.26. The van der Waals surface area contributed by atoms with Gasteiger partial charge in [-0.05, 0) is 54.0 Å². The molecule has 1 N–H and O–H groups in total. The number of nitrogens with zero attached hydrogens (tertiary/aromatic N) is 1. The van der Waals surface area contributed by atoms with Gasteiger partial charge >= 0.3 is 0 Å². The van der Waals surface area contributed by atoms with Crippen LogP contribution in [0.3, 0.4) is 0 Å². The average molecular weight is 317 g/mol. The number of thiophene rings is 1. The number of nitrogens with one attached hydrogen (secondary N) is 1. The van der Waals surface area contributed by atoms with Gasteiger partial charge in [0.2, 0.25) is 0 Å². The summed E-state index contributed by atoms with van der Waals surface area (Å²) in [6.07, 6.45) is 4.09. The molecule has 1 aliphatic heterocycles. The molecule has 4 heteroatoms. The van der Waals surface area contributed by atoms with Gasteiger partial charge < -0.3 is 5.32 Å². The van der Waals surface area contributed by atoms with Crippen molar-refractivity contribution >= 4 is 27.3 Å². The smallest absolute Gasteiger partial charge is 0.0701 e. The van der Waals surface area contributed by atoms with E-state index in [0.29, 0.717) is 0 Å². The first-order valence-electron chi connectivity index (χ1n) is 6.48. The lowest BCUT2D eigenvalue weighted by Gasteiger charge is -2.35. The van der Waals surface area contributed by atoms with E-state index in [1.54, 1.807) is 0 Å². The zero-order chi connectivity index (χ0) is 12.1. The third kappa shape index (κ3) is 4.05. The van der Waals surface area contributed by atoms with Crippen molar-refractivity contribution in [1.82, 2.24) is 10.2 Å². The lowest BCUT2D eigenvalue weighted by molar-refractivity contribution is 0.139. The fraction of sp³-hybridized carbons (Fsp3) is 0.692. The van der Waals surface area contributed by atoms with Crippen molar-refractivity contribution in [3.8, 4) is 0 Å². The summed E-state index contributed by atoms with van der Waals surface area (Å²) in [5, 5.41) is 3.49. The molecule has 0 radical (unpaired) electrons. The van der Waals surface area contributed by atoms with Gasteiger partial charge in [-0.1, -0.05) is 13.3 Å². The second-order valence-corrected chi connectivity index (χ2v) is 7.18. The van der Waals surface area contributed by atoms with Crippen LogP contribution in [-0.4, -0.2) is 30.6 Å². The molecule has 0 aromatic carbocycles. The molecular formula is C13H21BrN2S. The molecule has 0 amide bonds. The molecule has 0 spiro atoms. The summed E-state index contributed by atoms with van der Waals surface area (Å²) in [5.41, 5.74) is 0. The van der Waals surface area contributed by atoms with Gasteiger partial charge in [-0.25, -0.2) is 0 Å². The van der Waals surface area contributed by atoms with Gasteiger partial charge in [-0.2, -0.15) is 0 Å². The van der Waals surface area contributed by atoms with Gasteiger partial charge in [0.05, 0.1) is 3.79 Å². The quantitative estimate of drug-likeness (QED) is 0.894. The van der Waals surface area contributed by atoms with Crippen molar-refractivity contribution < 1.29 is 0 Å². The Morgan fingerprint density at radius 1 is 1.47 bits per heavy atom. The fourth-order valence-corrected chi connectivity index (χ4v) is 3.96. The molecule has 17 heavy (non-hydrogen) atoms. The predicted octanol–water partition coefficient (Wildman–Crippen LogP) is 3.47. The van der Waals surface area contributed by atoms with Crippen LogP contribution in [0.1, 0.15) is 31.1 Å². The van der Waals surface area contributed by atoms with E-state index < -0.39 is 0 Å². The first-order chi connectivity index (χ1) is 8.29. The predicted molar refractivity (Wildman–Crippen MR) is 78.6 cm³/mol. The van der Waals surface area contributed by atoms with Gasteiger partial charge in [-0.15, -0.1) is 11.3 Å². The molecule has 1 aliphatic rings. The van der Waals surface area contributed by atoms with Crippen LogP contribution < -0.4 is 5.32 Å². The Morgan fingerprint density at radius 2 is 2.35 bits per heavy atom. The lowest BCUT2D eigenvalue weighted by atomic mass is 10.0. The highest BCUT2D eigenvalue weighted by molar-refractivity contribution is 9.11. The van der Waals surface area contributed by atoms with E-state index in [1.807, 2.05) is 11.3 Å². The summed E-state index contributed by atoms with van der Waals surface area (Å²) < 4.78 is 1.24. The number of likely N-dealkylation sites (tertiary alicyclic amines) is 1. The normalized spacial score (nSPS) is 21.9. The molecule has 2 nitrogen and oxygen atoms in total. The third-order valence-electron chi connectivity index (χ3n) is 3.37. The summed E-state index contributed by atoms with van der Waals surface area (Å²) in [6, 6.07) is 5.13. The monoisotopic (exact) mass is 316 g/mol. The van der Waals surface area contributed by atoms with Crippen molar-refractivity contribution in [2.75, 3.05) is 19.6 Å². The molecule has 1 aromatic heterocycles. The molecule has 2 rings (SSSR count). The van der Waals surface area contributed by atoms with Gasteiger partial charge in [0.1, 0.15) is 0 Å². The first kappa shape index (κ1) is 13.5. The number of hydrogen-bond acceptors (Lipinski definition) is 3. The van der Waals surface area contributed by atoms with Crippen molar-refractivity contribution in [3.63, 3.8) is 0 Å². The van der Waals surface area contributed by atoms with E-state index >= 15 is 0 Å². The van der Waals surface area contributed by atoms with Crippen molar-refractivity contribution in [1.29, 1.82) is 0 Å². The van der Waals surface area contributed by atoms with Gasteiger partial charge in [0.15, 0.2) is 0 Å². The molecule has 0 aliphatic carbocycles. The second-order valence-electron chi connectivity index (χ2n) is 4.63. The Morgan fingerprint density at radius 3 is 3.06 bits per heavy atom. The average Bonchev–Trinajstić information content (AvgIpc) is 2.74. The summed E-state index contributed by atoms with van der Waals surface area (Å²) in [4.78, 5) is 4.12. The Balaban J connectivity index is 1.91. The van der Waals surface area contributed by atoms with Crippen LogP contribution in [0.4, 0.5) is 0 Å². The molecule has 1 aromatic rings. The molecule has 1 fully saturated rings. The number of piperidine rings is 1.